The zero-order valence-electron chi connectivity index (χ0n) is 76.6. The maximum absolute atomic E-state index is 12.4. The van der Waals surface area contributed by atoms with E-state index in [2.05, 4.69) is 18.5 Å². The summed E-state index contributed by atoms with van der Waals surface area (Å²) in [4.78, 5) is 127. The fraction of sp³-hybridized carbons (Fsp3) is 0.217. The van der Waals surface area contributed by atoms with Gasteiger partial charge in [0.05, 0.1) is 57.3 Å². The van der Waals surface area contributed by atoms with Crippen molar-refractivity contribution in [2.45, 2.75) is 95.9 Å². The summed E-state index contributed by atoms with van der Waals surface area (Å²) < 4.78 is 66.1. The molecule has 8 aromatic carbocycles. The number of hydrogen-bond donors (Lipinski definition) is 6. The fourth-order valence-electron chi connectivity index (χ4n) is 14.6. The van der Waals surface area contributed by atoms with Crippen LogP contribution in [-0.2, 0) is 23.9 Å². The lowest BCUT2D eigenvalue weighted by atomic mass is 9.99. The minimum absolute atomic E-state index is 0.0499. The van der Waals surface area contributed by atoms with E-state index in [1.165, 1.54) is 6.08 Å². The Bertz CT molecular complexity index is 6300. The smallest absolute Gasteiger partial charge is 0.475 e. The molecule has 138 heavy (non-hydrogen) atoms. The highest BCUT2D eigenvalue weighted by Crippen LogP contribution is 2.38. The molecule has 3 fully saturated rings. The summed E-state index contributed by atoms with van der Waals surface area (Å²) in [5.41, 5.74) is 32.3. The van der Waals surface area contributed by atoms with Crippen molar-refractivity contribution in [3.63, 3.8) is 0 Å². The first-order valence-electron chi connectivity index (χ1n) is 43.8. The highest BCUT2D eigenvalue weighted by Gasteiger charge is 2.39. The summed E-state index contributed by atoms with van der Waals surface area (Å²) in [6.45, 7) is 22.8. The van der Waals surface area contributed by atoms with E-state index in [9.17, 15) is 51.5 Å². The number of ether oxygens (including phenoxy) is 6. The van der Waals surface area contributed by atoms with Crippen LogP contribution in [0.4, 0.5) is 22.8 Å². The third-order valence-electron chi connectivity index (χ3n) is 21.3. The van der Waals surface area contributed by atoms with Crippen LogP contribution in [0.5, 0.6) is 46.0 Å². The number of aliphatic carboxylic acids is 1. The number of amides is 7. The van der Waals surface area contributed by atoms with E-state index in [0.29, 0.717) is 113 Å². The highest BCUT2D eigenvalue weighted by atomic mass is 35.5. The number of carbonyl (C=O) groups excluding carboxylic acids is 8. The molecule has 4 aliphatic heterocycles. The second kappa shape index (κ2) is 47.7. The van der Waals surface area contributed by atoms with Gasteiger partial charge >= 0.3 is 24.3 Å². The molecule has 712 valence electrons. The predicted molar refractivity (Wildman–Crippen MR) is 519 cm³/mol. The summed E-state index contributed by atoms with van der Waals surface area (Å²) >= 11 is 4.71. The molecular weight excluding hydrogens is 1790 g/mol. The molecule has 16 rings (SSSR count). The van der Waals surface area contributed by atoms with Crippen molar-refractivity contribution in [3.05, 3.63) is 343 Å². The van der Waals surface area contributed by atoms with Crippen molar-refractivity contribution in [1.82, 2.24) is 40.0 Å². The fourth-order valence-corrected chi connectivity index (χ4v) is 14.6. The number of hydrogen-bond acceptors (Lipinski definition) is 20. The number of aromatic nitrogens is 4. The maximum atomic E-state index is 12.4. The number of alkyl halides is 3. The van der Waals surface area contributed by atoms with Crippen molar-refractivity contribution in [1.29, 1.82) is 0 Å². The number of carbonyl (C=O) groups is 9. The van der Waals surface area contributed by atoms with E-state index in [4.69, 9.17) is 92.8 Å². The van der Waals surface area contributed by atoms with Crippen molar-refractivity contribution in [3.8, 4) is 91.0 Å². The number of carboxylic acid groups (broad SMARTS) is 1. The summed E-state index contributed by atoms with van der Waals surface area (Å²) in [6.07, 6.45) is 1.16. The van der Waals surface area contributed by atoms with Gasteiger partial charge in [0.15, 0.2) is 0 Å². The van der Waals surface area contributed by atoms with E-state index in [0.717, 1.165) is 112 Å². The normalized spacial score (nSPS) is 14.6. The molecule has 3 saturated heterocycles. The third kappa shape index (κ3) is 29.9. The first-order chi connectivity index (χ1) is 65.8. The zero-order valence-corrected chi connectivity index (χ0v) is 77.3. The number of para-hydroxylation sites is 4. The third-order valence-corrected chi connectivity index (χ3v) is 21.4. The second-order valence-electron chi connectivity index (χ2n) is 33.7. The molecule has 10 N–H and O–H groups in total. The van der Waals surface area contributed by atoms with Crippen LogP contribution < -0.4 is 47.2 Å². The summed E-state index contributed by atoms with van der Waals surface area (Å²) in [7, 11) is 0. The lowest BCUT2D eigenvalue weighted by Gasteiger charge is -2.24. The molecule has 0 bridgehead atoms. The van der Waals surface area contributed by atoms with Crippen LogP contribution in [0.15, 0.2) is 298 Å². The quantitative estimate of drug-likeness (QED) is 0.0271. The van der Waals surface area contributed by atoms with Gasteiger partial charge in [-0.15, -0.1) is 0 Å². The largest absolute Gasteiger partial charge is 0.490 e. The van der Waals surface area contributed by atoms with Gasteiger partial charge in [-0.1, -0.05) is 92.0 Å². The molecule has 28 nitrogen and oxygen atoms in total. The SMILES string of the molecule is C=CC(=O)Cl.C=CC(=O)N1CCC(c2ccc(C(N)=O)c(-c3ccc(Oc4ccccc4)cc3)n2)C1.CC(C)(C)OC(=O)N1CC=C(c2ccc(C(N)=O)c(-c3ccc(Oc4ccccc4)cc3)n2)C1.CC(C)(C)OC(=O)N1CCC(c2ccc(C(N)=O)c(-c3ccc(Oc4ccccc4)cc3)n2)C1.NC(=O)c1ccc(C2CCNC2)nc1-c1ccc(Oc2ccccc2)cc1.O=C(O)C(F)(F)F. The minimum atomic E-state index is -5.08. The number of carboxylic acids is 1. The molecule has 12 aromatic rings. The van der Waals surface area contributed by atoms with E-state index in [1.807, 2.05) is 284 Å². The molecule has 3 atom stereocenters. The number of rotatable bonds is 22. The summed E-state index contributed by atoms with van der Waals surface area (Å²) in [6, 6.07) is 81.9. The molecule has 0 saturated carbocycles. The Labute approximate surface area is 801 Å². The average Bonchev–Trinajstić information content (AvgIpc) is 1.32. The average molecular weight is 1890 g/mol. The number of primary amides is 4. The first-order valence-corrected chi connectivity index (χ1v) is 44.2. The Balaban J connectivity index is 0.000000170. The van der Waals surface area contributed by atoms with Gasteiger partial charge in [-0.3, -0.25) is 43.7 Å². The Morgan fingerprint density at radius 2 is 0.703 bits per heavy atom. The zero-order chi connectivity index (χ0) is 99.4. The van der Waals surface area contributed by atoms with Gasteiger partial charge in [-0.2, -0.15) is 13.2 Å². The molecule has 32 heteroatoms. The van der Waals surface area contributed by atoms with Crippen molar-refractivity contribution >= 4 is 70.1 Å². The van der Waals surface area contributed by atoms with Crippen LogP contribution in [-0.4, -0.2) is 162 Å². The Morgan fingerprint density at radius 1 is 0.406 bits per heavy atom. The molecule has 8 heterocycles. The van der Waals surface area contributed by atoms with Gasteiger partial charge in [0, 0.05) is 96.4 Å². The van der Waals surface area contributed by atoms with Crippen LogP contribution in [0.25, 0.3) is 50.6 Å². The number of nitrogens with zero attached hydrogens (tertiary/aromatic N) is 7. The van der Waals surface area contributed by atoms with Gasteiger partial charge in [-0.05, 0) is 291 Å². The molecular formula is C106H104ClF3N12O16. The van der Waals surface area contributed by atoms with Crippen molar-refractivity contribution in [2.75, 3.05) is 52.4 Å². The van der Waals surface area contributed by atoms with Crippen molar-refractivity contribution < 1.29 is 89.8 Å². The monoisotopic (exact) mass is 1890 g/mol. The number of halogens is 4. The van der Waals surface area contributed by atoms with E-state index >= 15 is 0 Å². The first kappa shape index (κ1) is 102. The number of likely N-dealkylation sites (tertiary alicyclic amines) is 2. The molecule has 0 aliphatic carbocycles. The molecule has 7 amide bonds. The number of nitrogens with one attached hydrogen (secondary N) is 1. The Hall–Kier alpha value is -16.2. The lowest BCUT2D eigenvalue weighted by molar-refractivity contribution is -0.192. The minimum Gasteiger partial charge on any atom is -0.475 e. The van der Waals surface area contributed by atoms with Gasteiger partial charge in [0.2, 0.25) is 11.1 Å². The Morgan fingerprint density at radius 3 is 1.00 bits per heavy atom. The second-order valence-corrected chi connectivity index (χ2v) is 34.1. The van der Waals surface area contributed by atoms with E-state index < -0.39 is 52.2 Å². The summed E-state index contributed by atoms with van der Waals surface area (Å²) in [5, 5.41) is 9.97. The number of pyridine rings is 4. The van der Waals surface area contributed by atoms with E-state index in [-0.39, 0.29) is 29.9 Å². The molecule has 4 aromatic heterocycles. The lowest BCUT2D eigenvalue weighted by Crippen LogP contribution is -2.35. The van der Waals surface area contributed by atoms with E-state index in [1.54, 1.807) is 45.0 Å². The predicted octanol–water partition coefficient (Wildman–Crippen LogP) is 20.1. The van der Waals surface area contributed by atoms with Crippen LogP contribution in [0, 0.1) is 0 Å². The van der Waals surface area contributed by atoms with Crippen molar-refractivity contribution in [2.24, 2.45) is 22.9 Å². The van der Waals surface area contributed by atoms with Crippen LogP contribution in [0.2, 0.25) is 0 Å². The number of allylic oxidation sites excluding steroid dienone is 1. The Kier molecular flexibility index (Phi) is 35.4. The van der Waals surface area contributed by atoms with Gasteiger partial charge in [-0.25, -0.2) is 19.4 Å². The molecule has 4 aliphatic rings. The van der Waals surface area contributed by atoms with Crippen LogP contribution in [0.1, 0.15) is 143 Å². The molecule has 0 radical (unpaired) electrons. The number of benzene rings is 8. The molecule has 3 unspecified atom stereocenters. The maximum Gasteiger partial charge on any atom is 0.490 e. The van der Waals surface area contributed by atoms with Gasteiger partial charge in [0.25, 0.3) is 23.6 Å². The van der Waals surface area contributed by atoms with Crippen LogP contribution >= 0.6 is 11.6 Å². The van der Waals surface area contributed by atoms with Gasteiger partial charge in [0.1, 0.15) is 57.2 Å². The molecule has 0 spiro atoms. The highest BCUT2D eigenvalue weighted by molar-refractivity contribution is 6.66. The summed E-state index contributed by atoms with van der Waals surface area (Å²) in [5.74, 6) is 1.31. The van der Waals surface area contributed by atoms with Gasteiger partial charge < -0.3 is 76.5 Å². The number of nitrogens with two attached hydrogens (primary N) is 4. The van der Waals surface area contributed by atoms with Crippen LogP contribution in [0.3, 0.4) is 0 Å². The topological polar surface area (TPSA) is 407 Å². The standard InChI is InChI=1S/C27H29N3O4.C27H27N3O4.C25H23N3O3.C22H21N3O2.C3H3ClO.C2HF3O2/c2*1-27(2,3)34-26(32)30-16-15-19(17-30)23-14-13-22(25(28)31)24(29-23)18-9-11-21(12-10-18)33-20-7-5-4-6-8-20;1-2-23(29)28-15-14-18(16-28)22-13-12-21(25(26)30)24(27-22)17-8-10-20(11-9-17)31-19-6-4-3-5-7-19;23-22(26)19-10-11-20(16-12-13-24-14-16)25-21(19)15-6-8-18(9-7-15)27-17-4-2-1-3-5-17;1-2-3(4)5;3-2(4,5)1(6)7/h4-14,19H,15-17H2,1-3H3,(H2,28,31);4-15H,16-17H2,1-3H3,(H2,28,31);2-13,18H,1,14-16H2,(H2,26,30);1-11,16,24H,12-14H2,(H2,23,26);2H,1H2;(H,6,7).